The maximum atomic E-state index is 10.1. The molecule has 1 nitrogen and oxygen atoms in total. The van der Waals surface area contributed by atoms with Crippen LogP contribution in [-0.4, -0.2) is 10.7 Å². The lowest BCUT2D eigenvalue weighted by atomic mass is 9.68. The summed E-state index contributed by atoms with van der Waals surface area (Å²) in [4.78, 5) is 0. The third kappa shape index (κ3) is 1.96. The Hall–Kier alpha value is -0.0400. The fourth-order valence-electron chi connectivity index (χ4n) is 1.14. The van der Waals surface area contributed by atoms with Crippen molar-refractivity contribution in [1.29, 1.82) is 0 Å². The molecule has 0 aliphatic heterocycles. The second-order valence-electron chi connectivity index (χ2n) is 4.54. The highest BCUT2D eigenvalue weighted by Crippen LogP contribution is 2.38. The number of hydrogen-bond acceptors (Lipinski definition) is 1. The summed E-state index contributed by atoms with van der Waals surface area (Å²) in [7, 11) is 0. The van der Waals surface area contributed by atoms with Gasteiger partial charge in [-0.25, -0.2) is 0 Å². The largest absolute Gasteiger partial charge is 0.389 e. The molecule has 0 spiro atoms. The summed E-state index contributed by atoms with van der Waals surface area (Å²) in [5.74, 6) is 0.317. The summed E-state index contributed by atoms with van der Waals surface area (Å²) in [5, 5.41) is 10.1. The van der Waals surface area contributed by atoms with Crippen LogP contribution in [0.3, 0.4) is 0 Å². The van der Waals surface area contributed by atoms with E-state index in [1.54, 1.807) is 0 Å². The highest BCUT2D eigenvalue weighted by atomic mass is 16.3. The van der Waals surface area contributed by atoms with E-state index in [0.29, 0.717) is 5.92 Å². The standard InChI is InChI=1S/C10H22O/c1-7-9(4,5)10(6,11)8(2)3/h8,11H,7H2,1-6H3. The van der Waals surface area contributed by atoms with Crippen LogP contribution in [0.15, 0.2) is 0 Å². The molecule has 1 N–H and O–H groups in total. The normalized spacial score (nSPS) is 18.5. The Morgan fingerprint density at radius 3 is 1.64 bits per heavy atom. The first-order valence-corrected chi connectivity index (χ1v) is 4.48. The zero-order valence-electron chi connectivity index (χ0n) is 8.73. The van der Waals surface area contributed by atoms with E-state index in [4.69, 9.17) is 0 Å². The maximum Gasteiger partial charge on any atom is 0.0693 e. The van der Waals surface area contributed by atoms with E-state index in [1.165, 1.54) is 0 Å². The molecule has 0 saturated carbocycles. The van der Waals surface area contributed by atoms with Gasteiger partial charge in [-0.15, -0.1) is 0 Å². The number of hydrogen-bond donors (Lipinski definition) is 1. The molecule has 0 heterocycles. The molecule has 0 aliphatic rings. The zero-order valence-corrected chi connectivity index (χ0v) is 8.73. The van der Waals surface area contributed by atoms with Crippen molar-refractivity contribution in [1.82, 2.24) is 0 Å². The molecule has 68 valence electrons. The first kappa shape index (κ1) is 11.0. The monoisotopic (exact) mass is 158 g/mol. The Balaban J connectivity index is 4.53. The van der Waals surface area contributed by atoms with Crippen molar-refractivity contribution < 1.29 is 5.11 Å². The van der Waals surface area contributed by atoms with Gasteiger partial charge < -0.3 is 5.11 Å². The minimum absolute atomic E-state index is 0.0150. The van der Waals surface area contributed by atoms with Crippen LogP contribution in [0.5, 0.6) is 0 Å². The lowest BCUT2D eigenvalue weighted by Crippen LogP contribution is -2.45. The number of aliphatic hydroxyl groups is 1. The van der Waals surface area contributed by atoms with E-state index in [9.17, 15) is 5.11 Å². The van der Waals surface area contributed by atoms with Crippen LogP contribution in [0, 0.1) is 11.3 Å². The highest BCUT2D eigenvalue weighted by molar-refractivity contribution is 4.90. The molecule has 0 rings (SSSR count). The van der Waals surface area contributed by atoms with Crippen LogP contribution in [0.25, 0.3) is 0 Å². The summed E-state index contributed by atoms with van der Waals surface area (Å²) in [6.07, 6.45) is 1.01. The SMILES string of the molecule is CCC(C)(C)C(C)(O)C(C)C. The molecule has 1 heteroatoms. The first-order valence-electron chi connectivity index (χ1n) is 4.48. The fraction of sp³-hybridized carbons (Fsp3) is 1.00. The van der Waals surface area contributed by atoms with Gasteiger partial charge in [0.15, 0.2) is 0 Å². The van der Waals surface area contributed by atoms with Crippen LogP contribution in [-0.2, 0) is 0 Å². The zero-order chi connectivity index (χ0) is 9.28. The second-order valence-corrected chi connectivity index (χ2v) is 4.54. The molecular formula is C10H22O. The minimum Gasteiger partial charge on any atom is -0.389 e. The van der Waals surface area contributed by atoms with Gasteiger partial charge in [0.1, 0.15) is 0 Å². The van der Waals surface area contributed by atoms with Crippen molar-refractivity contribution in [2.24, 2.45) is 11.3 Å². The summed E-state index contributed by atoms with van der Waals surface area (Å²) in [5.41, 5.74) is -0.539. The predicted molar refractivity (Wildman–Crippen MR) is 49.5 cm³/mol. The van der Waals surface area contributed by atoms with Crippen molar-refractivity contribution >= 4 is 0 Å². The summed E-state index contributed by atoms with van der Waals surface area (Å²) < 4.78 is 0. The Morgan fingerprint density at radius 2 is 1.55 bits per heavy atom. The van der Waals surface area contributed by atoms with Crippen molar-refractivity contribution in [2.45, 2.75) is 53.6 Å². The molecule has 0 aromatic rings. The van der Waals surface area contributed by atoms with E-state index >= 15 is 0 Å². The molecule has 0 aliphatic carbocycles. The Kier molecular flexibility index (Phi) is 3.13. The molecule has 0 saturated heterocycles. The molecule has 0 radical (unpaired) electrons. The van der Waals surface area contributed by atoms with Crippen LogP contribution in [0.4, 0.5) is 0 Å². The third-order valence-corrected chi connectivity index (χ3v) is 3.38. The van der Waals surface area contributed by atoms with E-state index in [1.807, 2.05) is 6.92 Å². The number of rotatable bonds is 3. The average Bonchev–Trinajstić information content (AvgIpc) is 1.87. The molecule has 0 aromatic heterocycles. The van der Waals surface area contributed by atoms with Gasteiger partial charge in [-0.05, 0) is 24.7 Å². The molecule has 0 amide bonds. The van der Waals surface area contributed by atoms with Gasteiger partial charge in [0, 0.05) is 0 Å². The molecule has 0 bridgehead atoms. The van der Waals surface area contributed by atoms with Crippen LogP contribution in [0.2, 0.25) is 0 Å². The third-order valence-electron chi connectivity index (χ3n) is 3.38. The molecule has 1 unspecified atom stereocenters. The summed E-state index contributed by atoms with van der Waals surface area (Å²) >= 11 is 0. The predicted octanol–water partition coefficient (Wildman–Crippen LogP) is 2.83. The van der Waals surface area contributed by atoms with Gasteiger partial charge >= 0.3 is 0 Å². The Bertz CT molecular complexity index is 123. The average molecular weight is 158 g/mol. The molecule has 0 fully saturated rings. The van der Waals surface area contributed by atoms with Crippen LogP contribution < -0.4 is 0 Å². The Labute approximate surface area is 70.8 Å². The van der Waals surface area contributed by atoms with Crippen LogP contribution in [0.1, 0.15) is 48.0 Å². The van der Waals surface area contributed by atoms with E-state index < -0.39 is 5.60 Å². The second kappa shape index (κ2) is 3.14. The molecular weight excluding hydrogens is 136 g/mol. The topological polar surface area (TPSA) is 20.2 Å². The minimum atomic E-state index is -0.554. The quantitative estimate of drug-likeness (QED) is 0.669. The van der Waals surface area contributed by atoms with Gasteiger partial charge in [0.05, 0.1) is 5.60 Å². The van der Waals surface area contributed by atoms with Gasteiger partial charge in [-0.1, -0.05) is 34.6 Å². The van der Waals surface area contributed by atoms with Gasteiger partial charge in [0.2, 0.25) is 0 Å². The highest BCUT2D eigenvalue weighted by Gasteiger charge is 2.40. The lowest BCUT2D eigenvalue weighted by molar-refractivity contribution is -0.0888. The first-order chi connectivity index (χ1) is 4.75. The van der Waals surface area contributed by atoms with E-state index in [2.05, 4.69) is 34.6 Å². The molecule has 11 heavy (non-hydrogen) atoms. The van der Waals surface area contributed by atoms with Crippen molar-refractivity contribution in [3.8, 4) is 0 Å². The van der Waals surface area contributed by atoms with Crippen molar-refractivity contribution in [3.05, 3.63) is 0 Å². The van der Waals surface area contributed by atoms with Gasteiger partial charge in [-0.3, -0.25) is 0 Å². The van der Waals surface area contributed by atoms with Crippen molar-refractivity contribution in [2.75, 3.05) is 0 Å². The maximum absolute atomic E-state index is 10.1. The summed E-state index contributed by atoms with van der Waals surface area (Å²) in [6.45, 7) is 12.4. The smallest absolute Gasteiger partial charge is 0.0693 e. The fourth-order valence-corrected chi connectivity index (χ4v) is 1.14. The van der Waals surface area contributed by atoms with Gasteiger partial charge in [-0.2, -0.15) is 0 Å². The lowest BCUT2D eigenvalue weighted by Gasteiger charge is -2.42. The van der Waals surface area contributed by atoms with Crippen molar-refractivity contribution in [3.63, 3.8) is 0 Å². The van der Waals surface area contributed by atoms with Gasteiger partial charge in [0.25, 0.3) is 0 Å². The molecule has 1 atom stereocenters. The molecule has 0 aromatic carbocycles. The Morgan fingerprint density at radius 1 is 1.18 bits per heavy atom. The summed E-state index contributed by atoms with van der Waals surface area (Å²) in [6, 6.07) is 0. The van der Waals surface area contributed by atoms with Crippen LogP contribution >= 0.6 is 0 Å². The van der Waals surface area contributed by atoms with E-state index in [0.717, 1.165) is 6.42 Å². The van der Waals surface area contributed by atoms with E-state index in [-0.39, 0.29) is 5.41 Å².